The van der Waals surface area contributed by atoms with Crippen LogP contribution in [0.25, 0.3) is 0 Å². The first-order valence-corrected chi connectivity index (χ1v) is 5.80. The summed E-state index contributed by atoms with van der Waals surface area (Å²) >= 11 is 6.80. The normalized spacial score (nSPS) is 12.9. The molecule has 0 aliphatic rings. The summed E-state index contributed by atoms with van der Waals surface area (Å²) in [5.41, 5.74) is 6.88. The average Bonchev–Trinajstić information content (AvgIpc) is 2.04. The topological polar surface area (TPSA) is 38.9 Å². The molecule has 13 heavy (non-hydrogen) atoms. The highest BCUT2D eigenvalue weighted by Crippen LogP contribution is 2.25. The summed E-state index contributed by atoms with van der Waals surface area (Å²) in [6.45, 7) is 2.12. The molecule has 2 N–H and O–H groups in total. The Morgan fingerprint density at radius 1 is 1.54 bits per heavy atom. The highest BCUT2D eigenvalue weighted by Gasteiger charge is 2.10. The van der Waals surface area contributed by atoms with Gasteiger partial charge in [-0.15, -0.1) is 0 Å². The number of aromatic nitrogens is 1. The van der Waals surface area contributed by atoms with E-state index in [0.717, 1.165) is 27.5 Å². The van der Waals surface area contributed by atoms with E-state index >= 15 is 0 Å². The lowest BCUT2D eigenvalue weighted by Gasteiger charge is -2.11. The quantitative estimate of drug-likeness (QED) is 0.929. The molecule has 1 rings (SSSR count). The predicted molar refractivity (Wildman–Crippen MR) is 61.5 cm³/mol. The Labute approximate surface area is 95.2 Å². The second kappa shape index (κ2) is 5.08. The average molecular weight is 308 g/mol. The fourth-order valence-corrected chi connectivity index (χ4v) is 2.43. The van der Waals surface area contributed by atoms with E-state index in [9.17, 15) is 0 Å². The van der Waals surface area contributed by atoms with Crippen LogP contribution in [0.15, 0.2) is 21.2 Å². The number of hydrogen-bond acceptors (Lipinski definition) is 2. The Balaban J connectivity index is 2.88. The molecule has 1 unspecified atom stereocenters. The molecule has 0 spiro atoms. The van der Waals surface area contributed by atoms with Gasteiger partial charge in [0.05, 0.1) is 5.69 Å². The van der Waals surface area contributed by atoms with Crippen LogP contribution < -0.4 is 5.73 Å². The first-order valence-electron chi connectivity index (χ1n) is 4.21. The third kappa shape index (κ3) is 3.04. The van der Waals surface area contributed by atoms with Gasteiger partial charge in [0, 0.05) is 21.2 Å². The second-order valence-corrected chi connectivity index (χ2v) is 4.69. The summed E-state index contributed by atoms with van der Waals surface area (Å²) in [6.07, 6.45) is 3.81. The molecule has 1 atom stereocenters. The standard InChI is InChI=1S/C9H12Br2N2/c1-2-3-8(12)9-7(11)4-6(10)5-13-9/h4-5,8H,2-3,12H2,1H3. The third-order valence-corrected chi connectivity index (χ3v) is 2.86. The maximum atomic E-state index is 5.95. The maximum Gasteiger partial charge on any atom is 0.0713 e. The van der Waals surface area contributed by atoms with Gasteiger partial charge in [0.2, 0.25) is 0 Å². The summed E-state index contributed by atoms with van der Waals surface area (Å²) in [5, 5.41) is 0. The number of nitrogens with two attached hydrogens (primary N) is 1. The summed E-state index contributed by atoms with van der Waals surface area (Å²) in [4.78, 5) is 4.28. The van der Waals surface area contributed by atoms with Crippen LogP contribution in [0.5, 0.6) is 0 Å². The van der Waals surface area contributed by atoms with Crippen molar-refractivity contribution in [2.75, 3.05) is 0 Å². The number of nitrogens with zero attached hydrogens (tertiary/aromatic N) is 1. The van der Waals surface area contributed by atoms with Gasteiger partial charge in [-0.25, -0.2) is 0 Å². The molecule has 72 valence electrons. The summed E-state index contributed by atoms with van der Waals surface area (Å²) in [5.74, 6) is 0. The monoisotopic (exact) mass is 306 g/mol. The molecule has 0 bridgehead atoms. The van der Waals surface area contributed by atoms with Gasteiger partial charge < -0.3 is 5.73 Å². The van der Waals surface area contributed by atoms with Crippen LogP contribution in [-0.4, -0.2) is 4.98 Å². The highest BCUT2D eigenvalue weighted by molar-refractivity contribution is 9.11. The van der Waals surface area contributed by atoms with E-state index in [1.165, 1.54) is 0 Å². The minimum absolute atomic E-state index is 0.0347. The molecular weight excluding hydrogens is 296 g/mol. The highest BCUT2D eigenvalue weighted by atomic mass is 79.9. The first kappa shape index (κ1) is 11.1. The molecule has 0 aliphatic carbocycles. The molecule has 0 fully saturated rings. The molecule has 1 aromatic heterocycles. The maximum absolute atomic E-state index is 5.95. The fourth-order valence-electron chi connectivity index (χ4n) is 1.15. The van der Waals surface area contributed by atoms with Crippen LogP contribution in [0.1, 0.15) is 31.5 Å². The first-order chi connectivity index (χ1) is 6.15. The van der Waals surface area contributed by atoms with Gasteiger partial charge in [0.15, 0.2) is 0 Å². The predicted octanol–water partition coefficient (Wildman–Crippen LogP) is 3.41. The van der Waals surface area contributed by atoms with Crippen LogP contribution in [0.2, 0.25) is 0 Å². The van der Waals surface area contributed by atoms with Gasteiger partial charge in [0.1, 0.15) is 0 Å². The van der Waals surface area contributed by atoms with E-state index in [0.29, 0.717) is 0 Å². The van der Waals surface area contributed by atoms with E-state index in [1.807, 2.05) is 6.07 Å². The molecule has 0 amide bonds. The van der Waals surface area contributed by atoms with Crippen molar-refractivity contribution in [2.24, 2.45) is 5.73 Å². The Kier molecular flexibility index (Phi) is 4.35. The lowest BCUT2D eigenvalue weighted by Crippen LogP contribution is -2.12. The number of pyridine rings is 1. The Morgan fingerprint density at radius 3 is 2.77 bits per heavy atom. The van der Waals surface area contributed by atoms with E-state index in [1.54, 1.807) is 6.20 Å². The van der Waals surface area contributed by atoms with Crippen LogP contribution in [0, 0.1) is 0 Å². The van der Waals surface area contributed by atoms with Crippen LogP contribution >= 0.6 is 31.9 Å². The zero-order chi connectivity index (χ0) is 9.84. The number of hydrogen-bond donors (Lipinski definition) is 1. The zero-order valence-electron chi connectivity index (χ0n) is 7.43. The molecule has 1 heterocycles. The van der Waals surface area contributed by atoms with Crippen molar-refractivity contribution in [3.8, 4) is 0 Å². The molecule has 0 saturated carbocycles. The summed E-state index contributed by atoms with van der Waals surface area (Å²) in [6, 6.07) is 2.00. The summed E-state index contributed by atoms with van der Waals surface area (Å²) in [7, 11) is 0. The SMILES string of the molecule is CCCC(N)c1ncc(Br)cc1Br. The van der Waals surface area contributed by atoms with Crippen LogP contribution in [0.4, 0.5) is 0 Å². The molecule has 0 radical (unpaired) electrons. The van der Waals surface area contributed by atoms with Crippen molar-refractivity contribution in [1.82, 2.24) is 4.98 Å². The van der Waals surface area contributed by atoms with E-state index < -0.39 is 0 Å². The van der Waals surface area contributed by atoms with Gasteiger partial charge in [-0.3, -0.25) is 4.98 Å². The number of halogens is 2. The molecule has 0 aromatic carbocycles. The van der Waals surface area contributed by atoms with Crippen LogP contribution in [0.3, 0.4) is 0 Å². The number of rotatable bonds is 3. The zero-order valence-corrected chi connectivity index (χ0v) is 10.6. The van der Waals surface area contributed by atoms with Crippen molar-refractivity contribution >= 4 is 31.9 Å². The summed E-state index contributed by atoms with van der Waals surface area (Å²) < 4.78 is 1.94. The third-order valence-electron chi connectivity index (χ3n) is 1.79. The van der Waals surface area contributed by atoms with Gasteiger partial charge >= 0.3 is 0 Å². The van der Waals surface area contributed by atoms with Crippen molar-refractivity contribution in [3.63, 3.8) is 0 Å². The molecule has 0 aliphatic heterocycles. The fraction of sp³-hybridized carbons (Fsp3) is 0.444. The molecule has 4 heteroatoms. The van der Waals surface area contributed by atoms with E-state index in [2.05, 4.69) is 43.8 Å². The van der Waals surface area contributed by atoms with Gasteiger partial charge in [-0.1, -0.05) is 13.3 Å². The van der Waals surface area contributed by atoms with Gasteiger partial charge in [-0.05, 0) is 44.3 Å². The molecule has 2 nitrogen and oxygen atoms in total. The van der Waals surface area contributed by atoms with Crippen molar-refractivity contribution in [1.29, 1.82) is 0 Å². The molecular formula is C9H12Br2N2. The van der Waals surface area contributed by atoms with E-state index in [-0.39, 0.29) is 6.04 Å². The van der Waals surface area contributed by atoms with Crippen LogP contribution in [-0.2, 0) is 0 Å². The second-order valence-electron chi connectivity index (χ2n) is 2.92. The van der Waals surface area contributed by atoms with E-state index in [4.69, 9.17) is 5.73 Å². The lowest BCUT2D eigenvalue weighted by molar-refractivity contribution is 0.618. The Hall–Kier alpha value is 0.0700. The van der Waals surface area contributed by atoms with Gasteiger partial charge in [-0.2, -0.15) is 0 Å². The van der Waals surface area contributed by atoms with Crippen molar-refractivity contribution in [3.05, 3.63) is 26.9 Å². The lowest BCUT2D eigenvalue weighted by atomic mass is 10.1. The molecule has 0 saturated heterocycles. The molecule has 1 aromatic rings. The smallest absolute Gasteiger partial charge is 0.0713 e. The Bertz CT molecular complexity index is 289. The Morgan fingerprint density at radius 2 is 2.23 bits per heavy atom. The van der Waals surface area contributed by atoms with Crippen molar-refractivity contribution < 1.29 is 0 Å². The van der Waals surface area contributed by atoms with Crippen molar-refractivity contribution in [2.45, 2.75) is 25.8 Å². The minimum atomic E-state index is 0.0347. The largest absolute Gasteiger partial charge is 0.323 e. The minimum Gasteiger partial charge on any atom is -0.323 e. The van der Waals surface area contributed by atoms with Gasteiger partial charge in [0.25, 0.3) is 0 Å².